The van der Waals surface area contributed by atoms with Gasteiger partial charge in [0.05, 0.1) is 0 Å². The molecule has 2 saturated heterocycles. The second-order valence-electron chi connectivity index (χ2n) is 9.42. The number of fused-ring (bicyclic) bond motifs is 1. The second-order valence-corrected chi connectivity index (χ2v) is 9.42. The minimum absolute atomic E-state index is 0.629. The summed E-state index contributed by atoms with van der Waals surface area (Å²) in [5.41, 5.74) is 1.45. The van der Waals surface area contributed by atoms with E-state index in [0.29, 0.717) is 6.04 Å². The number of nitrogens with one attached hydrogen (secondary N) is 1. The van der Waals surface area contributed by atoms with Gasteiger partial charge in [0.15, 0.2) is 5.96 Å². The molecular weight excluding hydrogens is 370 g/mol. The maximum absolute atomic E-state index is 4.60. The van der Waals surface area contributed by atoms with Crippen LogP contribution in [0.4, 0.5) is 0 Å². The van der Waals surface area contributed by atoms with Crippen molar-refractivity contribution in [2.75, 3.05) is 46.8 Å². The van der Waals surface area contributed by atoms with E-state index >= 15 is 0 Å². The van der Waals surface area contributed by atoms with Crippen LogP contribution in [0.15, 0.2) is 35.3 Å². The Morgan fingerprint density at radius 3 is 2.70 bits per heavy atom. The van der Waals surface area contributed by atoms with Crippen LogP contribution in [0, 0.1) is 5.92 Å². The number of hydrogen-bond acceptors (Lipinski definition) is 3. The van der Waals surface area contributed by atoms with Gasteiger partial charge in [0.2, 0.25) is 0 Å². The summed E-state index contributed by atoms with van der Waals surface area (Å²) in [4.78, 5) is 12.3. The summed E-state index contributed by atoms with van der Waals surface area (Å²) in [6.07, 6.45) is 6.35. The molecule has 0 spiro atoms. The fourth-order valence-corrected chi connectivity index (χ4v) is 4.99. The summed E-state index contributed by atoms with van der Waals surface area (Å²) >= 11 is 0. The van der Waals surface area contributed by atoms with Gasteiger partial charge in [0, 0.05) is 45.3 Å². The number of unbranched alkanes of at least 4 members (excludes halogenated alkanes) is 1. The molecule has 5 heteroatoms. The van der Waals surface area contributed by atoms with Crippen LogP contribution in [0.5, 0.6) is 0 Å². The first kappa shape index (κ1) is 23.1. The predicted molar refractivity (Wildman–Crippen MR) is 128 cm³/mol. The maximum atomic E-state index is 4.60. The van der Waals surface area contributed by atoms with Gasteiger partial charge < -0.3 is 15.1 Å². The highest BCUT2D eigenvalue weighted by molar-refractivity contribution is 5.80. The number of likely N-dealkylation sites (tertiary alicyclic amines) is 2. The lowest BCUT2D eigenvalue weighted by molar-refractivity contribution is 0.0372. The monoisotopic (exact) mass is 413 g/mol. The van der Waals surface area contributed by atoms with Crippen molar-refractivity contribution in [1.29, 1.82) is 0 Å². The SMILES string of the molecule is CN=C(NCCCCN(C)C(C)C)N1CCC2C(CCCN2Cc2ccccc2)C1. The van der Waals surface area contributed by atoms with Crippen molar-refractivity contribution < 1.29 is 0 Å². The highest BCUT2D eigenvalue weighted by Crippen LogP contribution is 2.31. The number of nitrogens with zero attached hydrogens (tertiary/aromatic N) is 4. The normalized spacial score (nSPS) is 23.1. The Labute approximate surface area is 184 Å². The zero-order valence-electron chi connectivity index (χ0n) is 19.7. The average Bonchev–Trinajstić information content (AvgIpc) is 2.76. The summed E-state index contributed by atoms with van der Waals surface area (Å²) in [6, 6.07) is 12.3. The standard InChI is InChI=1S/C25H43N5/c1-21(2)28(4)16-9-8-15-27-25(26-3)30-18-14-24-23(20-30)13-10-17-29(24)19-22-11-6-5-7-12-22/h5-7,11-12,21,23-24H,8-10,13-20H2,1-4H3,(H,26,27). The van der Waals surface area contributed by atoms with Gasteiger partial charge in [-0.1, -0.05) is 30.3 Å². The van der Waals surface area contributed by atoms with Crippen molar-refractivity contribution >= 4 is 5.96 Å². The fourth-order valence-electron chi connectivity index (χ4n) is 4.99. The van der Waals surface area contributed by atoms with E-state index in [2.05, 4.69) is 76.2 Å². The Balaban J connectivity index is 1.45. The minimum atomic E-state index is 0.629. The Morgan fingerprint density at radius 1 is 1.17 bits per heavy atom. The highest BCUT2D eigenvalue weighted by atomic mass is 15.3. The predicted octanol–water partition coefficient (Wildman–Crippen LogP) is 3.67. The molecule has 0 aliphatic carbocycles. The van der Waals surface area contributed by atoms with Crippen molar-refractivity contribution in [2.45, 2.75) is 64.6 Å². The second kappa shape index (κ2) is 11.7. The summed E-state index contributed by atoms with van der Waals surface area (Å²) in [6.45, 7) is 11.3. The van der Waals surface area contributed by atoms with Gasteiger partial charge in [-0.2, -0.15) is 0 Å². The molecule has 0 radical (unpaired) electrons. The first-order valence-corrected chi connectivity index (χ1v) is 12.0. The molecule has 2 aliphatic heterocycles. The van der Waals surface area contributed by atoms with Crippen LogP contribution in [0.25, 0.3) is 0 Å². The molecular formula is C25H43N5. The summed E-state index contributed by atoms with van der Waals surface area (Å²) in [7, 11) is 4.15. The molecule has 168 valence electrons. The van der Waals surface area contributed by atoms with Gasteiger partial charge in [-0.25, -0.2) is 0 Å². The molecule has 1 aromatic carbocycles. The molecule has 0 bridgehead atoms. The van der Waals surface area contributed by atoms with E-state index in [4.69, 9.17) is 0 Å². The van der Waals surface area contributed by atoms with Crippen molar-refractivity contribution in [3.8, 4) is 0 Å². The summed E-state index contributed by atoms with van der Waals surface area (Å²) in [5.74, 6) is 1.86. The van der Waals surface area contributed by atoms with E-state index in [1.807, 2.05) is 7.05 Å². The quantitative estimate of drug-likeness (QED) is 0.401. The molecule has 30 heavy (non-hydrogen) atoms. The van der Waals surface area contributed by atoms with E-state index in [0.717, 1.165) is 44.1 Å². The van der Waals surface area contributed by atoms with E-state index in [-0.39, 0.29) is 0 Å². The van der Waals surface area contributed by atoms with E-state index in [9.17, 15) is 0 Å². The lowest BCUT2D eigenvalue weighted by atomic mass is 9.83. The molecule has 3 rings (SSSR count). The largest absolute Gasteiger partial charge is 0.356 e. The molecule has 5 nitrogen and oxygen atoms in total. The molecule has 2 atom stereocenters. The lowest BCUT2D eigenvalue weighted by Gasteiger charge is -2.48. The van der Waals surface area contributed by atoms with Gasteiger partial charge in [-0.05, 0) is 77.6 Å². The first-order chi connectivity index (χ1) is 14.6. The number of guanidine groups is 1. The van der Waals surface area contributed by atoms with Crippen LogP contribution in [0.2, 0.25) is 0 Å². The molecule has 2 aliphatic rings. The number of benzene rings is 1. The third-order valence-electron chi connectivity index (χ3n) is 7.03. The molecule has 0 aromatic heterocycles. The fraction of sp³-hybridized carbons (Fsp3) is 0.720. The Bertz CT molecular complexity index is 644. The number of rotatable bonds is 8. The van der Waals surface area contributed by atoms with Crippen LogP contribution in [0.1, 0.15) is 51.5 Å². The van der Waals surface area contributed by atoms with Crippen LogP contribution in [-0.4, -0.2) is 79.6 Å². The maximum Gasteiger partial charge on any atom is 0.193 e. The third-order valence-corrected chi connectivity index (χ3v) is 7.03. The smallest absolute Gasteiger partial charge is 0.193 e. The lowest BCUT2D eigenvalue weighted by Crippen LogP contribution is -2.56. The van der Waals surface area contributed by atoms with E-state index in [1.54, 1.807) is 0 Å². The zero-order valence-corrected chi connectivity index (χ0v) is 19.7. The van der Waals surface area contributed by atoms with Crippen molar-refractivity contribution in [2.24, 2.45) is 10.9 Å². The Kier molecular flexibility index (Phi) is 9.01. The molecule has 1 N–H and O–H groups in total. The topological polar surface area (TPSA) is 34.1 Å². The van der Waals surface area contributed by atoms with Crippen LogP contribution in [0.3, 0.4) is 0 Å². The van der Waals surface area contributed by atoms with Gasteiger partial charge in [-0.3, -0.25) is 9.89 Å². The molecule has 2 heterocycles. The number of hydrogen-bond donors (Lipinski definition) is 1. The molecule has 0 saturated carbocycles. The average molecular weight is 414 g/mol. The van der Waals surface area contributed by atoms with E-state index in [1.165, 1.54) is 50.8 Å². The molecule has 1 aromatic rings. The highest BCUT2D eigenvalue weighted by Gasteiger charge is 2.36. The number of aliphatic imine (C=N–C) groups is 1. The Morgan fingerprint density at radius 2 is 1.97 bits per heavy atom. The zero-order chi connectivity index (χ0) is 21.3. The van der Waals surface area contributed by atoms with Crippen molar-refractivity contribution in [3.63, 3.8) is 0 Å². The van der Waals surface area contributed by atoms with Crippen LogP contribution in [-0.2, 0) is 6.54 Å². The van der Waals surface area contributed by atoms with Gasteiger partial charge >= 0.3 is 0 Å². The van der Waals surface area contributed by atoms with Crippen molar-refractivity contribution in [3.05, 3.63) is 35.9 Å². The van der Waals surface area contributed by atoms with E-state index < -0.39 is 0 Å². The van der Waals surface area contributed by atoms with Gasteiger partial charge in [0.25, 0.3) is 0 Å². The van der Waals surface area contributed by atoms with Gasteiger partial charge in [0.1, 0.15) is 0 Å². The Hall–Kier alpha value is -1.59. The van der Waals surface area contributed by atoms with Gasteiger partial charge in [-0.15, -0.1) is 0 Å². The molecule has 0 amide bonds. The van der Waals surface area contributed by atoms with Crippen molar-refractivity contribution in [1.82, 2.24) is 20.0 Å². The van der Waals surface area contributed by atoms with Crippen LogP contribution < -0.4 is 5.32 Å². The van der Waals surface area contributed by atoms with Crippen LogP contribution >= 0.6 is 0 Å². The molecule has 2 unspecified atom stereocenters. The minimum Gasteiger partial charge on any atom is -0.356 e. The third kappa shape index (κ3) is 6.45. The first-order valence-electron chi connectivity index (χ1n) is 12.0. The molecule has 2 fully saturated rings. The summed E-state index contributed by atoms with van der Waals surface area (Å²) < 4.78 is 0. The summed E-state index contributed by atoms with van der Waals surface area (Å²) in [5, 5.41) is 3.63. The number of piperidine rings is 2.